The van der Waals surface area contributed by atoms with Gasteiger partial charge in [-0.3, -0.25) is 0 Å². The number of oxazole rings is 1. The van der Waals surface area contributed by atoms with Gasteiger partial charge in [0.1, 0.15) is 11.6 Å². The Labute approximate surface area is 69.0 Å². The normalized spacial score (nSPS) is 21.5. The number of hydrogen-bond acceptors (Lipinski definition) is 3. The van der Waals surface area contributed by atoms with Crippen molar-refractivity contribution in [3.05, 3.63) is 30.2 Å². The predicted octanol–water partition coefficient (Wildman–Crippen LogP) is 1.90. The van der Waals surface area contributed by atoms with Crippen molar-refractivity contribution in [2.24, 2.45) is 0 Å². The van der Waals surface area contributed by atoms with Gasteiger partial charge >= 0.3 is 0 Å². The molecule has 3 heteroatoms. The summed E-state index contributed by atoms with van der Waals surface area (Å²) in [6, 6.07) is 5.97. The number of nitrogens with zero attached hydrogens (tertiary/aromatic N) is 1. The number of ether oxygens (including phenoxy) is 1. The van der Waals surface area contributed by atoms with Crippen molar-refractivity contribution in [3.8, 4) is 0 Å². The molecule has 3 rings (SSSR count). The topological polar surface area (TPSA) is 38.6 Å². The summed E-state index contributed by atoms with van der Waals surface area (Å²) in [5.41, 5.74) is 2.92. The minimum absolute atomic E-state index is 0.291. The van der Waals surface area contributed by atoms with Gasteiger partial charge in [0.25, 0.3) is 0 Å². The number of benzene rings is 1. The first-order valence-corrected chi connectivity index (χ1v) is 3.88. The Bertz CT molecular complexity index is 417. The molecule has 1 aromatic heterocycles. The van der Waals surface area contributed by atoms with Crippen molar-refractivity contribution >= 4 is 11.1 Å². The van der Waals surface area contributed by atoms with Crippen LogP contribution in [-0.2, 0) is 4.74 Å². The lowest BCUT2D eigenvalue weighted by atomic mass is 10.1. The van der Waals surface area contributed by atoms with Gasteiger partial charge in [0.05, 0.1) is 6.61 Å². The molecule has 3 nitrogen and oxygen atoms in total. The van der Waals surface area contributed by atoms with Gasteiger partial charge in [0.15, 0.2) is 12.0 Å². The summed E-state index contributed by atoms with van der Waals surface area (Å²) in [4.78, 5) is 4.03. The summed E-state index contributed by atoms with van der Waals surface area (Å²) in [6.45, 7) is 0.833. The lowest BCUT2D eigenvalue weighted by molar-refractivity contribution is 0.415. The van der Waals surface area contributed by atoms with E-state index in [0.29, 0.717) is 6.10 Å². The average Bonchev–Trinajstić information content (AvgIpc) is 2.84. The van der Waals surface area contributed by atoms with E-state index in [1.165, 1.54) is 12.0 Å². The van der Waals surface area contributed by atoms with Crippen LogP contribution in [0.4, 0.5) is 0 Å². The van der Waals surface area contributed by atoms with Gasteiger partial charge in [-0.05, 0) is 17.7 Å². The molecule has 12 heavy (non-hydrogen) atoms. The maximum atomic E-state index is 5.17. The van der Waals surface area contributed by atoms with Crippen LogP contribution >= 0.6 is 0 Å². The minimum Gasteiger partial charge on any atom is -0.443 e. The molecule has 2 aromatic rings. The van der Waals surface area contributed by atoms with E-state index in [1.54, 1.807) is 0 Å². The van der Waals surface area contributed by atoms with Crippen molar-refractivity contribution in [2.75, 3.05) is 6.61 Å². The van der Waals surface area contributed by atoms with Gasteiger partial charge in [0, 0.05) is 0 Å². The molecule has 0 amide bonds. The fourth-order valence-electron chi connectivity index (χ4n) is 1.31. The zero-order chi connectivity index (χ0) is 7.97. The molecule has 0 aliphatic carbocycles. The smallest absolute Gasteiger partial charge is 0.181 e. The molecule has 1 fully saturated rings. The van der Waals surface area contributed by atoms with Crippen LogP contribution < -0.4 is 0 Å². The maximum Gasteiger partial charge on any atom is 0.181 e. The van der Waals surface area contributed by atoms with Crippen LogP contribution in [-0.4, -0.2) is 11.6 Å². The summed E-state index contributed by atoms with van der Waals surface area (Å²) in [5, 5.41) is 0. The molecule has 0 spiro atoms. The molecular formula is C9H7NO2. The first kappa shape index (κ1) is 6.20. The highest BCUT2D eigenvalue weighted by molar-refractivity contribution is 5.72. The number of epoxide rings is 1. The molecule has 0 radical (unpaired) electrons. The summed E-state index contributed by atoms with van der Waals surface area (Å²) in [6.07, 6.45) is 1.75. The molecule has 60 valence electrons. The number of fused-ring (bicyclic) bond motifs is 1. The summed E-state index contributed by atoms with van der Waals surface area (Å²) >= 11 is 0. The molecule has 1 unspecified atom stereocenters. The van der Waals surface area contributed by atoms with Gasteiger partial charge in [0.2, 0.25) is 0 Å². The van der Waals surface area contributed by atoms with Gasteiger partial charge in [-0.25, -0.2) is 4.98 Å². The van der Waals surface area contributed by atoms with E-state index in [1.807, 2.05) is 18.2 Å². The fraction of sp³-hybridized carbons (Fsp3) is 0.222. The van der Waals surface area contributed by atoms with Crippen LogP contribution in [0.2, 0.25) is 0 Å². The first-order chi connectivity index (χ1) is 5.93. The Hall–Kier alpha value is -1.35. The molecule has 1 saturated heterocycles. The van der Waals surface area contributed by atoms with Gasteiger partial charge < -0.3 is 9.15 Å². The first-order valence-electron chi connectivity index (χ1n) is 3.88. The standard InChI is InChI=1S/C9H7NO2/c1-2-7-8(12-5-10-7)3-6(1)9-4-11-9/h1-3,5,9H,4H2. The molecule has 1 aliphatic heterocycles. The van der Waals surface area contributed by atoms with Crippen LogP contribution in [0.1, 0.15) is 11.7 Å². The zero-order valence-electron chi connectivity index (χ0n) is 6.36. The molecule has 1 aromatic carbocycles. The second kappa shape index (κ2) is 2.08. The molecule has 1 atom stereocenters. The second-order valence-corrected chi connectivity index (χ2v) is 2.90. The Morgan fingerprint density at radius 3 is 3.17 bits per heavy atom. The quantitative estimate of drug-likeness (QED) is 0.599. The van der Waals surface area contributed by atoms with E-state index in [0.717, 1.165) is 17.7 Å². The van der Waals surface area contributed by atoms with Crippen molar-refractivity contribution in [2.45, 2.75) is 6.10 Å². The summed E-state index contributed by atoms with van der Waals surface area (Å²) in [7, 11) is 0. The van der Waals surface area contributed by atoms with E-state index in [2.05, 4.69) is 4.98 Å². The molecule has 2 heterocycles. The van der Waals surface area contributed by atoms with Gasteiger partial charge in [-0.15, -0.1) is 0 Å². The van der Waals surface area contributed by atoms with E-state index in [-0.39, 0.29) is 0 Å². The van der Waals surface area contributed by atoms with E-state index in [9.17, 15) is 0 Å². The third-order valence-electron chi connectivity index (χ3n) is 2.06. The number of rotatable bonds is 1. The third kappa shape index (κ3) is 0.833. The number of aromatic nitrogens is 1. The van der Waals surface area contributed by atoms with Gasteiger partial charge in [-0.1, -0.05) is 6.07 Å². The van der Waals surface area contributed by atoms with E-state index < -0.39 is 0 Å². The van der Waals surface area contributed by atoms with Gasteiger partial charge in [-0.2, -0.15) is 0 Å². The van der Waals surface area contributed by atoms with Crippen molar-refractivity contribution in [3.63, 3.8) is 0 Å². The molecule has 0 saturated carbocycles. The third-order valence-corrected chi connectivity index (χ3v) is 2.06. The summed E-state index contributed by atoms with van der Waals surface area (Å²) in [5.74, 6) is 0. The fourth-order valence-corrected chi connectivity index (χ4v) is 1.31. The highest BCUT2D eigenvalue weighted by Crippen LogP contribution is 2.31. The van der Waals surface area contributed by atoms with Crippen LogP contribution in [0.25, 0.3) is 11.1 Å². The largest absolute Gasteiger partial charge is 0.443 e. The summed E-state index contributed by atoms with van der Waals surface area (Å²) < 4.78 is 10.3. The van der Waals surface area contributed by atoms with Crippen LogP contribution in [0.3, 0.4) is 0 Å². The minimum atomic E-state index is 0.291. The Morgan fingerprint density at radius 1 is 1.42 bits per heavy atom. The van der Waals surface area contributed by atoms with E-state index in [4.69, 9.17) is 9.15 Å². The highest BCUT2D eigenvalue weighted by atomic mass is 16.6. The Kier molecular flexibility index (Phi) is 1.07. The average molecular weight is 161 g/mol. The highest BCUT2D eigenvalue weighted by Gasteiger charge is 2.24. The zero-order valence-corrected chi connectivity index (χ0v) is 6.36. The molecule has 1 aliphatic rings. The molecule has 0 N–H and O–H groups in total. The Morgan fingerprint density at radius 2 is 2.33 bits per heavy atom. The van der Waals surface area contributed by atoms with E-state index >= 15 is 0 Å². The van der Waals surface area contributed by atoms with Crippen molar-refractivity contribution in [1.82, 2.24) is 4.98 Å². The maximum absolute atomic E-state index is 5.17. The van der Waals surface area contributed by atoms with Crippen LogP contribution in [0.5, 0.6) is 0 Å². The van der Waals surface area contributed by atoms with Crippen molar-refractivity contribution in [1.29, 1.82) is 0 Å². The second-order valence-electron chi connectivity index (χ2n) is 2.90. The lowest BCUT2D eigenvalue weighted by Gasteiger charge is -1.92. The lowest BCUT2D eigenvalue weighted by Crippen LogP contribution is -1.78. The molecule has 0 bridgehead atoms. The molecular weight excluding hydrogens is 154 g/mol. The monoisotopic (exact) mass is 161 g/mol. The SMILES string of the molecule is c1nc2ccc(C3CO3)cc2o1. The van der Waals surface area contributed by atoms with Crippen molar-refractivity contribution < 1.29 is 9.15 Å². The number of hydrogen-bond donors (Lipinski definition) is 0. The predicted molar refractivity (Wildman–Crippen MR) is 42.7 cm³/mol. The van der Waals surface area contributed by atoms with Crippen LogP contribution in [0, 0.1) is 0 Å². The van der Waals surface area contributed by atoms with Crippen LogP contribution in [0.15, 0.2) is 29.0 Å². The Balaban J connectivity index is 2.21.